The zero-order chi connectivity index (χ0) is 20.0. The highest BCUT2D eigenvalue weighted by atomic mass is 32.1. The van der Waals surface area contributed by atoms with E-state index in [1.165, 1.54) is 16.4 Å². The van der Waals surface area contributed by atoms with Gasteiger partial charge in [0, 0.05) is 50.2 Å². The molecule has 0 saturated carbocycles. The number of likely N-dealkylation sites (tertiary alicyclic amines) is 1. The quantitative estimate of drug-likeness (QED) is 0.532. The second-order valence-corrected chi connectivity index (χ2v) is 7.78. The van der Waals surface area contributed by atoms with Crippen molar-refractivity contribution < 1.29 is 9.90 Å². The molecule has 1 atom stereocenters. The molecule has 5 heterocycles. The molecule has 0 radical (unpaired) electrons. The van der Waals surface area contributed by atoms with Crippen LogP contribution in [0.5, 0.6) is 0 Å². The van der Waals surface area contributed by atoms with Crippen molar-refractivity contribution in [2.75, 3.05) is 18.4 Å². The van der Waals surface area contributed by atoms with Crippen molar-refractivity contribution in [3.63, 3.8) is 0 Å². The number of rotatable bonds is 4. The van der Waals surface area contributed by atoms with E-state index < -0.39 is 6.09 Å². The summed E-state index contributed by atoms with van der Waals surface area (Å²) in [6, 6.07) is 1.97. The van der Waals surface area contributed by atoms with Gasteiger partial charge in [-0.15, -0.1) is 0 Å². The number of anilines is 2. The number of carboxylic acid groups (broad SMARTS) is 1. The molecule has 0 aliphatic carbocycles. The smallest absolute Gasteiger partial charge is 0.407 e. The standard InChI is InChI=1S/C18H18N8O2S/c1-24-9-12(7-21-24)14-8-20-17-16(19-3-5-26(14)17)22-15-6-13(23-29-15)11-2-4-25(10-11)18(27)28/h3,5-9,11H,2,4,10H2,1H3,(H,19,22)(H,27,28). The number of carbonyl (C=O) groups is 1. The van der Waals surface area contributed by atoms with E-state index in [4.69, 9.17) is 5.11 Å². The van der Waals surface area contributed by atoms with Crippen LogP contribution in [0, 0.1) is 0 Å². The molecular formula is C18H18N8O2S. The Balaban J connectivity index is 1.40. The Morgan fingerprint density at radius 2 is 2.24 bits per heavy atom. The Morgan fingerprint density at radius 1 is 1.34 bits per heavy atom. The monoisotopic (exact) mass is 410 g/mol. The Hall–Kier alpha value is -3.47. The van der Waals surface area contributed by atoms with Crippen LogP contribution in [0.3, 0.4) is 0 Å². The molecule has 29 heavy (non-hydrogen) atoms. The van der Waals surface area contributed by atoms with Crippen LogP contribution in [-0.2, 0) is 7.05 Å². The van der Waals surface area contributed by atoms with Crippen LogP contribution in [0.15, 0.2) is 37.1 Å². The highest BCUT2D eigenvalue weighted by Gasteiger charge is 2.28. The third-order valence-electron chi connectivity index (χ3n) is 5.08. The van der Waals surface area contributed by atoms with Gasteiger partial charge in [-0.2, -0.15) is 9.47 Å². The normalized spacial score (nSPS) is 16.6. The van der Waals surface area contributed by atoms with Gasteiger partial charge in [-0.3, -0.25) is 9.08 Å². The third kappa shape index (κ3) is 3.18. The summed E-state index contributed by atoms with van der Waals surface area (Å²) in [6.07, 6.45) is 9.05. The second kappa shape index (κ2) is 6.85. The van der Waals surface area contributed by atoms with Gasteiger partial charge in [-0.25, -0.2) is 14.8 Å². The molecule has 2 N–H and O–H groups in total. The van der Waals surface area contributed by atoms with Crippen molar-refractivity contribution in [2.45, 2.75) is 12.3 Å². The van der Waals surface area contributed by atoms with Crippen molar-refractivity contribution in [1.29, 1.82) is 0 Å². The van der Waals surface area contributed by atoms with Gasteiger partial charge >= 0.3 is 6.09 Å². The summed E-state index contributed by atoms with van der Waals surface area (Å²) in [5.74, 6) is 0.765. The van der Waals surface area contributed by atoms with Gasteiger partial charge in [0.05, 0.1) is 23.8 Å². The maximum atomic E-state index is 11.1. The minimum atomic E-state index is -0.874. The van der Waals surface area contributed by atoms with E-state index in [9.17, 15) is 4.79 Å². The molecule has 0 bridgehead atoms. The molecule has 11 heteroatoms. The molecule has 1 aliphatic heterocycles. The van der Waals surface area contributed by atoms with E-state index in [0.29, 0.717) is 24.6 Å². The first-order valence-corrected chi connectivity index (χ1v) is 9.88. The molecule has 4 aromatic rings. The fourth-order valence-electron chi connectivity index (χ4n) is 3.61. The average molecular weight is 410 g/mol. The predicted molar refractivity (Wildman–Crippen MR) is 108 cm³/mol. The van der Waals surface area contributed by atoms with E-state index in [1.54, 1.807) is 23.3 Å². The van der Waals surface area contributed by atoms with Crippen LogP contribution >= 0.6 is 11.5 Å². The topological polar surface area (TPSA) is 113 Å². The molecule has 5 rings (SSSR count). The molecule has 0 spiro atoms. The van der Waals surface area contributed by atoms with E-state index >= 15 is 0 Å². The summed E-state index contributed by atoms with van der Waals surface area (Å²) in [7, 11) is 1.88. The molecule has 1 saturated heterocycles. The molecular weight excluding hydrogens is 392 g/mol. The van der Waals surface area contributed by atoms with Crippen molar-refractivity contribution >= 4 is 34.1 Å². The van der Waals surface area contributed by atoms with Crippen LogP contribution in [0.4, 0.5) is 15.6 Å². The number of hydrogen-bond acceptors (Lipinski definition) is 7. The lowest BCUT2D eigenvalue weighted by atomic mass is 10.1. The van der Waals surface area contributed by atoms with Gasteiger partial charge in [0.25, 0.3) is 0 Å². The lowest BCUT2D eigenvalue weighted by Crippen LogP contribution is -2.26. The molecule has 1 amide bonds. The highest BCUT2D eigenvalue weighted by molar-refractivity contribution is 7.10. The Bertz CT molecular complexity index is 1200. The van der Waals surface area contributed by atoms with Gasteiger partial charge in [0.2, 0.25) is 0 Å². The van der Waals surface area contributed by atoms with Crippen LogP contribution in [0.25, 0.3) is 16.9 Å². The fraction of sp³-hybridized carbons (Fsp3) is 0.278. The number of hydrogen-bond donors (Lipinski definition) is 2. The number of amides is 1. The molecule has 1 unspecified atom stereocenters. The first kappa shape index (κ1) is 17.6. The predicted octanol–water partition coefficient (Wildman–Crippen LogP) is 2.80. The summed E-state index contributed by atoms with van der Waals surface area (Å²) >= 11 is 1.34. The summed E-state index contributed by atoms with van der Waals surface area (Å²) in [5.41, 5.74) is 3.52. The molecule has 1 fully saturated rings. The molecule has 10 nitrogen and oxygen atoms in total. The van der Waals surface area contributed by atoms with Gasteiger partial charge in [-0.1, -0.05) is 0 Å². The Labute approximate surface area is 169 Å². The van der Waals surface area contributed by atoms with Crippen LogP contribution in [-0.4, -0.2) is 57.7 Å². The van der Waals surface area contributed by atoms with Crippen LogP contribution in [0.2, 0.25) is 0 Å². The summed E-state index contributed by atoms with van der Waals surface area (Å²) in [4.78, 5) is 21.5. The van der Waals surface area contributed by atoms with E-state index in [0.717, 1.165) is 28.4 Å². The van der Waals surface area contributed by atoms with E-state index in [-0.39, 0.29) is 5.92 Å². The second-order valence-electron chi connectivity index (χ2n) is 6.97. The number of nitrogens with one attached hydrogen (secondary N) is 1. The summed E-state index contributed by atoms with van der Waals surface area (Å²) in [6.45, 7) is 1.04. The van der Waals surface area contributed by atoms with Crippen molar-refractivity contribution in [3.05, 3.63) is 42.7 Å². The number of aromatic nitrogens is 6. The number of aryl methyl sites for hydroxylation is 1. The number of nitrogens with zero attached hydrogens (tertiary/aromatic N) is 7. The van der Waals surface area contributed by atoms with Gasteiger partial charge in [0.15, 0.2) is 11.5 Å². The summed E-state index contributed by atoms with van der Waals surface area (Å²) in [5, 5.41) is 17.5. The maximum Gasteiger partial charge on any atom is 0.407 e. The third-order valence-corrected chi connectivity index (χ3v) is 5.79. The molecule has 1 aliphatic rings. The first-order valence-electron chi connectivity index (χ1n) is 9.11. The minimum Gasteiger partial charge on any atom is -0.465 e. The highest BCUT2D eigenvalue weighted by Crippen LogP contribution is 2.32. The van der Waals surface area contributed by atoms with Gasteiger partial charge < -0.3 is 15.3 Å². The van der Waals surface area contributed by atoms with Crippen LogP contribution in [0.1, 0.15) is 18.0 Å². The van der Waals surface area contributed by atoms with Crippen molar-refractivity contribution in [3.8, 4) is 11.3 Å². The fourth-order valence-corrected chi connectivity index (χ4v) is 4.33. The zero-order valence-corrected chi connectivity index (χ0v) is 16.4. The minimum absolute atomic E-state index is 0.130. The lowest BCUT2D eigenvalue weighted by Gasteiger charge is -2.10. The first-order chi connectivity index (χ1) is 14.1. The van der Waals surface area contributed by atoms with Crippen molar-refractivity contribution in [1.82, 2.24) is 33.4 Å². The average Bonchev–Trinajstić information content (AvgIpc) is 3.48. The van der Waals surface area contributed by atoms with E-state index in [1.807, 2.05) is 29.9 Å². The van der Waals surface area contributed by atoms with Gasteiger partial charge in [-0.05, 0) is 24.0 Å². The Kier molecular flexibility index (Phi) is 4.16. The van der Waals surface area contributed by atoms with E-state index in [2.05, 4.69) is 24.8 Å². The number of fused-ring (bicyclic) bond motifs is 1. The lowest BCUT2D eigenvalue weighted by molar-refractivity contribution is 0.155. The number of imidazole rings is 1. The largest absolute Gasteiger partial charge is 0.465 e. The van der Waals surface area contributed by atoms with Crippen LogP contribution < -0.4 is 5.32 Å². The molecule has 0 aromatic carbocycles. The Morgan fingerprint density at radius 3 is 3.00 bits per heavy atom. The van der Waals surface area contributed by atoms with Gasteiger partial charge in [0.1, 0.15) is 5.00 Å². The zero-order valence-electron chi connectivity index (χ0n) is 15.6. The molecule has 148 valence electrons. The van der Waals surface area contributed by atoms with Crippen molar-refractivity contribution in [2.24, 2.45) is 7.05 Å². The summed E-state index contributed by atoms with van der Waals surface area (Å²) < 4.78 is 8.24. The maximum absolute atomic E-state index is 11.1. The molecule has 4 aromatic heterocycles. The SMILES string of the molecule is Cn1cc(-c2cnc3c(Nc4cc(C5CCN(C(=O)O)C5)ns4)nccn23)cn1.